The predicted octanol–water partition coefficient (Wildman–Crippen LogP) is 2.15. The van der Waals surface area contributed by atoms with Gasteiger partial charge in [-0.05, 0) is 24.3 Å². The van der Waals surface area contributed by atoms with Crippen LogP contribution in [0.4, 0.5) is 17.1 Å². The Bertz CT molecular complexity index is 644. The first kappa shape index (κ1) is 13.3. The first-order valence-electron chi connectivity index (χ1n) is 5.46. The van der Waals surface area contributed by atoms with Crippen LogP contribution in [0.15, 0.2) is 54.6 Å². The maximum Gasteiger partial charge on any atom is 0.350 e. The molecular formula is C12H13N3O3S. The van der Waals surface area contributed by atoms with Crippen molar-refractivity contribution >= 4 is 27.4 Å². The van der Waals surface area contributed by atoms with Gasteiger partial charge in [-0.15, -0.1) is 4.83 Å². The van der Waals surface area contributed by atoms with Gasteiger partial charge in [0.25, 0.3) is 0 Å². The fourth-order valence-electron chi connectivity index (χ4n) is 1.50. The molecule has 0 bridgehead atoms. The molecule has 0 aromatic heterocycles. The van der Waals surface area contributed by atoms with E-state index in [1.165, 1.54) is 0 Å². The summed E-state index contributed by atoms with van der Waals surface area (Å²) >= 11 is 0. The third kappa shape index (κ3) is 4.25. The number of nitrogens with one attached hydrogen (secondary N) is 3. The van der Waals surface area contributed by atoms with E-state index in [-0.39, 0.29) is 0 Å². The number of hydrogen-bond donors (Lipinski definition) is 4. The monoisotopic (exact) mass is 279 g/mol. The zero-order chi connectivity index (χ0) is 13.7. The summed E-state index contributed by atoms with van der Waals surface area (Å²) in [5.74, 6) is 0. The Balaban J connectivity index is 2.17. The Morgan fingerprint density at radius 2 is 1.42 bits per heavy atom. The van der Waals surface area contributed by atoms with Gasteiger partial charge < -0.3 is 10.7 Å². The Hall–Kier alpha value is -2.09. The quantitative estimate of drug-likeness (QED) is 0.497. The van der Waals surface area contributed by atoms with Gasteiger partial charge >= 0.3 is 10.3 Å². The summed E-state index contributed by atoms with van der Waals surface area (Å²) in [6.45, 7) is 0. The molecule has 2 aromatic rings. The van der Waals surface area contributed by atoms with Crippen molar-refractivity contribution in [3.63, 3.8) is 0 Å². The molecule has 6 nitrogen and oxygen atoms in total. The van der Waals surface area contributed by atoms with E-state index >= 15 is 0 Å². The van der Waals surface area contributed by atoms with Gasteiger partial charge in [0, 0.05) is 5.69 Å². The van der Waals surface area contributed by atoms with Gasteiger partial charge in [0.05, 0.1) is 11.4 Å². The molecule has 0 aliphatic heterocycles. The molecule has 0 heterocycles. The summed E-state index contributed by atoms with van der Waals surface area (Å²) < 4.78 is 29.9. The van der Waals surface area contributed by atoms with Crippen LogP contribution in [0.25, 0.3) is 0 Å². The molecule has 0 spiro atoms. The number of anilines is 3. The second-order valence-electron chi connectivity index (χ2n) is 3.74. The SMILES string of the molecule is O=S(=O)(O)NNc1ccccc1Nc1ccccc1. The fraction of sp³-hybridized carbons (Fsp3) is 0. The van der Waals surface area contributed by atoms with Crippen molar-refractivity contribution in [2.75, 3.05) is 10.7 Å². The molecule has 0 fully saturated rings. The van der Waals surface area contributed by atoms with Crippen LogP contribution >= 0.6 is 0 Å². The highest BCUT2D eigenvalue weighted by Crippen LogP contribution is 2.24. The Labute approximate surface area is 111 Å². The normalized spacial score (nSPS) is 11.0. The summed E-state index contributed by atoms with van der Waals surface area (Å²) in [4.78, 5) is 1.80. The topological polar surface area (TPSA) is 90.5 Å². The van der Waals surface area contributed by atoms with Gasteiger partial charge in [-0.25, -0.2) is 0 Å². The molecule has 4 N–H and O–H groups in total. The number of para-hydroxylation sites is 3. The summed E-state index contributed by atoms with van der Waals surface area (Å²) in [6.07, 6.45) is 0. The van der Waals surface area contributed by atoms with E-state index < -0.39 is 10.3 Å². The number of rotatable bonds is 5. The number of hydrazine groups is 1. The van der Waals surface area contributed by atoms with Crippen molar-refractivity contribution in [2.45, 2.75) is 0 Å². The first-order chi connectivity index (χ1) is 9.04. The van der Waals surface area contributed by atoms with E-state index in [2.05, 4.69) is 10.7 Å². The number of hydrogen-bond acceptors (Lipinski definition) is 4. The molecule has 0 aliphatic rings. The minimum absolute atomic E-state index is 0.490. The largest absolute Gasteiger partial charge is 0.354 e. The van der Waals surface area contributed by atoms with E-state index in [0.717, 1.165) is 5.69 Å². The van der Waals surface area contributed by atoms with Crippen LogP contribution in [0.5, 0.6) is 0 Å². The van der Waals surface area contributed by atoms with Crippen molar-refractivity contribution in [2.24, 2.45) is 0 Å². The first-order valence-corrected chi connectivity index (χ1v) is 6.90. The zero-order valence-corrected chi connectivity index (χ0v) is 10.7. The van der Waals surface area contributed by atoms with Gasteiger partial charge in [0.15, 0.2) is 0 Å². The summed E-state index contributed by atoms with van der Waals surface area (Å²) in [5.41, 5.74) is 4.45. The lowest BCUT2D eigenvalue weighted by atomic mass is 10.2. The molecule has 0 unspecified atom stereocenters. The van der Waals surface area contributed by atoms with Crippen LogP contribution in [0.3, 0.4) is 0 Å². The second kappa shape index (κ2) is 5.70. The molecular weight excluding hydrogens is 266 g/mol. The molecule has 100 valence electrons. The predicted molar refractivity (Wildman–Crippen MR) is 74.5 cm³/mol. The summed E-state index contributed by atoms with van der Waals surface area (Å²) in [7, 11) is -4.30. The van der Waals surface area contributed by atoms with Crippen molar-refractivity contribution in [3.05, 3.63) is 54.6 Å². The molecule has 0 saturated carbocycles. The van der Waals surface area contributed by atoms with Crippen molar-refractivity contribution in [1.29, 1.82) is 0 Å². The lowest BCUT2D eigenvalue weighted by Gasteiger charge is -2.13. The van der Waals surface area contributed by atoms with Crippen molar-refractivity contribution < 1.29 is 13.0 Å². The molecule has 0 amide bonds. The van der Waals surface area contributed by atoms with Gasteiger partial charge in [-0.3, -0.25) is 4.55 Å². The fourth-order valence-corrected chi connectivity index (χ4v) is 1.74. The average molecular weight is 279 g/mol. The van der Waals surface area contributed by atoms with E-state index in [4.69, 9.17) is 4.55 Å². The standard InChI is InChI=1S/C12H13N3O3S/c16-19(17,18)15-14-12-9-5-4-8-11(12)13-10-6-2-1-3-7-10/h1-9,13-15H,(H,16,17,18). The third-order valence-electron chi connectivity index (χ3n) is 2.29. The molecule has 7 heteroatoms. The lowest BCUT2D eigenvalue weighted by Crippen LogP contribution is -2.28. The van der Waals surface area contributed by atoms with Crippen LogP contribution in [-0.2, 0) is 10.3 Å². The summed E-state index contributed by atoms with van der Waals surface area (Å²) in [6, 6.07) is 16.4. The summed E-state index contributed by atoms with van der Waals surface area (Å²) in [5, 5.41) is 3.13. The van der Waals surface area contributed by atoms with E-state index in [0.29, 0.717) is 11.4 Å². The Morgan fingerprint density at radius 1 is 0.842 bits per heavy atom. The van der Waals surface area contributed by atoms with E-state index in [1.54, 1.807) is 23.0 Å². The maximum absolute atomic E-state index is 10.6. The maximum atomic E-state index is 10.6. The molecule has 0 radical (unpaired) electrons. The van der Waals surface area contributed by atoms with E-state index in [9.17, 15) is 8.42 Å². The minimum Gasteiger partial charge on any atom is -0.354 e. The highest BCUT2D eigenvalue weighted by atomic mass is 32.2. The Kier molecular flexibility index (Phi) is 4.00. The minimum atomic E-state index is -4.30. The Morgan fingerprint density at radius 3 is 2.05 bits per heavy atom. The highest BCUT2D eigenvalue weighted by Gasteiger charge is 2.05. The molecule has 0 saturated heterocycles. The lowest BCUT2D eigenvalue weighted by molar-refractivity contribution is 0.473. The molecule has 0 atom stereocenters. The smallest absolute Gasteiger partial charge is 0.350 e. The molecule has 0 aliphatic carbocycles. The second-order valence-corrected chi connectivity index (χ2v) is 4.89. The van der Waals surface area contributed by atoms with Crippen LogP contribution in [0.1, 0.15) is 0 Å². The molecule has 2 rings (SSSR count). The van der Waals surface area contributed by atoms with Crippen molar-refractivity contribution in [3.8, 4) is 0 Å². The van der Waals surface area contributed by atoms with Gasteiger partial charge in [-0.2, -0.15) is 8.42 Å². The van der Waals surface area contributed by atoms with Crippen LogP contribution in [0, 0.1) is 0 Å². The molecule has 2 aromatic carbocycles. The third-order valence-corrected chi connectivity index (χ3v) is 2.65. The highest BCUT2D eigenvalue weighted by molar-refractivity contribution is 7.83. The van der Waals surface area contributed by atoms with Gasteiger partial charge in [-0.1, -0.05) is 30.3 Å². The van der Waals surface area contributed by atoms with Crippen LogP contribution in [0.2, 0.25) is 0 Å². The van der Waals surface area contributed by atoms with E-state index in [1.807, 2.05) is 36.4 Å². The van der Waals surface area contributed by atoms with Crippen molar-refractivity contribution in [1.82, 2.24) is 4.83 Å². The number of benzene rings is 2. The molecule has 19 heavy (non-hydrogen) atoms. The van der Waals surface area contributed by atoms with Gasteiger partial charge in [0.2, 0.25) is 0 Å². The van der Waals surface area contributed by atoms with Crippen LogP contribution in [-0.4, -0.2) is 13.0 Å². The zero-order valence-electron chi connectivity index (χ0n) is 9.87. The van der Waals surface area contributed by atoms with Gasteiger partial charge in [0.1, 0.15) is 0 Å². The average Bonchev–Trinajstić information content (AvgIpc) is 2.38. The van der Waals surface area contributed by atoms with Crippen LogP contribution < -0.4 is 15.6 Å².